The number of nitro groups is 1. The molecule has 6 nitrogen and oxygen atoms in total. The van der Waals surface area contributed by atoms with Crippen LogP contribution in [0.25, 0.3) is 0 Å². The molecular formula is C9H6BrN3O3. The number of rotatable bonds is 3. The van der Waals surface area contributed by atoms with Gasteiger partial charge in [-0.25, -0.2) is 0 Å². The number of hydrogen-bond donors (Lipinski definition) is 1. The van der Waals surface area contributed by atoms with E-state index in [9.17, 15) is 14.9 Å². The lowest BCUT2D eigenvalue weighted by molar-refractivity contribution is -0.385. The van der Waals surface area contributed by atoms with E-state index in [0.717, 1.165) is 12.1 Å². The lowest BCUT2D eigenvalue weighted by atomic mass is 10.0. The summed E-state index contributed by atoms with van der Waals surface area (Å²) in [4.78, 5) is 21.3. The van der Waals surface area contributed by atoms with Crippen LogP contribution in [-0.4, -0.2) is 16.0 Å². The van der Waals surface area contributed by atoms with Gasteiger partial charge < -0.3 is 5.73 Å². The predicted molar refractivity (Wildman–Crippen MR) is 60.3 cm³/mol. The Morgan fingerprint density at radius 3 is 2.69 bits per heavy atom. The number of carbonyl (C=O) groups is 1. The molecule has 1 rings (SSSR count). The summed E-state index contributed by atoms with van der Waals surface area (Å²) in [6.45, 7) is 0. The van der Waals surface area contributed by atoms with E-state index in [4.69, 9.17) is 11.0 Å². The van der Waals surface area contributed by atoms with E-state index in [1.165, 1.54) is 0 Å². The molecular weight excluding hydrogens is 278 g/mol. The number of nitriles is 1. The number of ketones is 1. The van der Waals surface area contributed by atoms with Crippen molar-refractivity contribution in [1.29, 1.82) is 5.26 Å². The number of nitrogens with zero attached hydrogens (tertiary/aromatic N) is 2. The lowest BCUT2D eigenvalue weighted by Gasteiger charge is -2.03. The summed E-state index contributed by atoms with van der Waals surface area (Å²) in [5.41, 5.74) is 5.06. The molecule has 0 saturated heterocycles. The first-order valence-electron chi connectivity index (χ1n) is 4.08. The van der Waals surface area contributed by atoms with Crippen molar-refractivity contribution >= 4 is 33.1 Å². The highest BCUT2D eigenvalue weighted by atomic mass is 79.9. The zero-order chi connectivity index (χ0) is 12.3. The van der Waals surface area contributed by atoms with Crippen LogP contribution in [0.5, 0.6) is 0 Å². The number of nitro benzene ring substituents is 1. The number of nitrogens with two attached hydrogens (primary N) is 1. The molecule has 0 amide bonds. The second-order valence-electron chi connectivity index (χ2n) is 2.88. The van der Waals surface area contributed by atoms with Gasteiger partial charge in [0.05, 0.1) is 10.3 Å². The Balaban J connectivity index is 3.46. The van der Waals surface area contributed by atoms with E-state index >= 15 is 0 Å². The van der Waals surface area contributed by atoms with Gasteiger partial charge in [0.1, 0.15) is 11.6 Å². The molecule has 0 bridgehead atoms. The van der Waals surface area contributed by atoms with Gasteiger partial charge >= 0.3 is 0 Å². The van der Waals surface area contributed by atoms with Gasteiger partial charge in [0, 0.05) is 17.3 Å². The molecule has 0 aliphatic rings. The standard InChI is InChI=1S/C9H6BrN3O3/c10-3-9(14)6-2-8(13(15)16)5(4-11)1-7(6)12/h1-2H,3,12H2. The highest BCUT2D eigenvalue weighted by Crippen LogP contribution is 2.25. The molecule has 0 fully saturated rings. The highest BCUT2D eigenvalue weighted by molar-refractivity contribution is 9.09. The second kappa shape index (κ2) is 4.72. The Bertz CT molecular complexity index is 507. The molecule has 0 unspecified atom stereocenters. The minimum atomic E-state index is -0.719. The van der Waals surface area contributed by atoms with Gasteiger partial charge in [-0.1, -0.05) is 15.9 Å². The van der Waals surface area contributed by atoms with Gasteiger partial charge in [0.25, 0.3) is 5.69 Å². The zero-order valence-corrected chi connectivity index (χ0v) is 9.52. The zero-order valence-electron chi connectivity index (χ0n) is 7.94. The average molecular weight is 284 g/mol. The quantitative estimate of drug-likeness (QED) is 0.298. The van der Waals surface area contributed by atoms with Crippen LogP contribution in [-0.2, 0) is 0 Å². The molecule has 1 aromatic rings. The Labute approximate surface area is 98.9 Å². The molecule has 7 heteroatoms. The third kappa shape index (κ3) is 2.17. The molecule has 0 atom stereocenters. The SMILES string of the molecule is N#Cc1cc(N)c(C(=O)CBr)cc1[N+](=O)[O-]. The van der Waals surface area contributed by atoms with E-state index in [1.807, 2.05) is 0 Å². The van der Waals surface area contributed by atoms with Gasteiger partial charge in [0.15, 0.2) is 5.78 Å². The minimum absolute atomic E-state index is 0.0141. The Morgan fingerprint density at radius 1 is 1.62 bits per heavy atom. The summed E-state index contributed by atoms with van der Waals surface area (Å²) in [5.74, 6) is -0.370. The number of benzene rings is 1. The normalized spacial score (nSPS) is 9.50. The molecule has 0 radical (unpaired) electrons. The van der Waals surface area contributed by atoms with Crippen molar-refractivity contribution in [3.05, 3.63) is 33.4 Å². The van der Waals surface area contributed by atoms with Crippen LogP contribution in [0.3, 0.4) is 0 Å². The summed E-state index contributed by atoms with van der Waals surface area (Å²) < 4.78 is 0. The van der Waals surface area contributed by atoms with E-state index in [2.05, 4.69) is 15.9 Å². The number of halogens is 1. The van der Waals surface area contributed by atoms with Crippen molar-refractivity contribution in [3.8, 4) is 6.07 Å². The van der Waals surface area contributed by atoms with Crippen molar-refractivity contribution in [2.75, 3.05) is 11.1 Å². The van der Waals surface area contributed by atoms with Gasteiger partial charge in [-0.3, -0.25) is 14.9 Å². The third-order valence-electron chi connectivity index (χ3n) is 1.91. The molecule has 2 N–H and O–H groups in total. The first-order valence-corrected chi connectivity index (χ1v) is 5.20. The van der Waals surface area contributed by atoms with Crippen LogP contribution in [0.1, 0.15) is 15.9 Å². The van der Waals surface area contributed by atoms with Gasteiger partial charge in [-0.05, 0) is 6.07 Å². The van der Waals surface area contributed by atoms with Crippen LogP contribution in [0.4, 0.5) is 11.4 Å². The summed E-state index contributed by atoms with van der Waals surface area (Å²) in [6, 6.07) is 3.82. The van der Waals surface area contributed by atoms with Crippen molar-refractivity contribution in [3.63, 3.8) is 0 Å². The predicted octanol–water partition coefficient (Wildman–Crippen LogP) is 1.63. The molecule has 16 heavy (non-hydrogen) atoms. The largest absolute Gasteiger partial charge is 0.398 e. The van der Waals surface area contributed by atoms with E-state index in [1.54, 1.807) is 6.07 Å². The summed E-state index contributed by atoms with van der Waals surface area (Å²) in [6.07, 6.45) is 0. The summed E-state index contributed by atoms with van der Waals surface area (Å²) in [7, 11) is 0. The molecule has 1 aromatic carbocycles. The van der Waals surface area contributed by atoms with Crippen molar-refractivity contribution in [2.24, 2.45) is 0 Å². The Kier molecular flexibility index (Phi) is 3.58. The number of nitrogen functional groups attached to an aromatic ring is 1. The number of anilines is 1. The molecule has 0 aliphatic heterocycles. The third-order valence-corrected chi connectivity index (χ3v) is 2.42. The van der Waals surface area contributed by atoms with Crippen LogP contribution in [0.15, 0.2) is 12.1 Å². The number of Topliss-reactive ketones (excluding diaryl/α,β-unsaturated/α-hetero) is 1. The smallest absolute Gasteiger partial charge is 0.287 e. The van der Waals surface area contributed by atoms with Crippen molar-refractivity contribution in [1.82, 2.24) is 0 Å². The topological polar surface area (TPSA) is 110 Å². The van der Waals surface area contributed by atoms with E-state index < -0.39 is 10.6 Å². The fourth-order valence-corrected chi connectivity index (χ4v) is 1.46. The molecule has 0 aliphatic carbocycles. The van der Waals surface area contributed by atoms with Crippen molar-refractivity contribution in [2.45, 2.75) is 0 Å². The van der Waals surface area contributed by atoms with Crippen molar-refractivity contribution < 1.29 is 9.72 Å². The maximum atomic E-state index is 11.4. The Morgan fingerprint density at radius 2 is 2.25 bits per heavy atom. The monoisotopic (exact) mass is 283 g/mol. The molecule has 82 valence electrons. The van der Waals surface area contributed by atoms with Crippen LogP contribution >= 0.6 is 15.9 Å². The fraction of sp³-hybridized carbons (Fsp3) is 0.111. The number of carbonyl (C=O) groups excluding carboxylic acids is 1. The van der Waals surface area contributed by atoms with Gasteiger partial charge in [0.2, 0.25) is 0 Å². The highest BCUT2D eigenvalue weighted by Gasteiger charge is 2.19. The fourth-order valence-electron chi connectivity index (χ4n) is 1.16. The van der Waals surface area contributed by atoms with Gasteiger partial charge in [-0.15, -0.1) is 0 Å². The maximum Gasteiger partial charge on any atom is 0.287 e. The van der Waals surface area contributed by atoms with E-state index in [-0.39, 0.29) is 27.9 Å². The van der Waals surface area contributed by atoms with E-state index in [0.29, 0.717) is 0 Å². The average Bonchev–Trinajstić information content (AvgIpc) is 2.27. The number of alkyl halides is 1. The molecule has 0 aromatic heterocycles. The summed E-state index contributed by atoms with van der Waals surface area (Å²) in [5, 5.41) is 19.3. The molecule has 0 heterocycles. The van der Waals surface area contributed by atoms with Crippen LogP contribution < -0.4 is 5.73 Å². The number of hydrogen-bond acceptors (Lipinski definition) is 5. The maximum absolute atomic E-state index is 11.4. The van der Waals surface area contributed by atoms with Gasteiger partial charge in [-0.2, -0.15) is 5.26 Å². The molecule has 0 saturated carbocycles. The van der Waals surface area contributed by atoms with Crippen LogP contribution in [0, 0.1) is 21.4 Å². The molecule has 0 spiro atoms. The Hall–Kier alpha value is -1.94. The lowest BCUT2D eigenvalue weighted by Crippen LogP contribution is -2.07. The van der Waals surface area contributed by atoms with Crippen LogP contribution in [0.2, 0.25) is 0 Å². The minimum Gasteiger partial charge on any atom is -0.398 e. The summed E-state index contributed by atoms with van der Waals surface area (Å²) >= 11 is 2.94. The second-order valence-corrected chi connectivity index (χ2v) is 3.44. The first kappa shape index (κ1) is 12.1. The first-order chi connectivity index (χ1) is 7.51.